The highest BCUT2D eigenvalue weighted by Crippen LogP contribution is 2.20. The standard InChI is InChI=1S/C20H26N4S/c1-15-13-24-19(16(2)22-20(24)25-15)12-21-11-17-5-7-18(8-6-17)14-23-9-3-4-10-23/h5-8,13,21H,3-4,9-12,14H2,1-2H3. The van der Waals surface area contributed by atoms with Gasteiger partial charge in [-0.3, -0.25) is 9.30 Å². The van der Waals surface area contributed by atoms with Crippen LogP contribution in [0.25, 0.3) is 4.96 Å². The van der Waals surface area contributed by atoms with Gasteiger partial charge in [-0.15, -0.1) is 11.3 Å². The van der Waals surface area contributed by atoms with E-state index >= 15 is 0 Å². The van der Waals surface area contributed by atoms with Gasteiger partial charge in [0, 0.05) is 30.7 Å². The third-order valence-electron chi connectivity index (χ3n) is 4.99. The van der Waals surface area contributed by atoms with E-state index in [4.69, 9.17) is 0 Å². The van der Waals surface area contributed by atoms with E-state index in [1.165, 1.54) is 47.6 Å². The number of benzene rings is 1. The maximum absolute atomic E-state index is 4.66. The fourth-order valence-corrected chi connectivity index (χ4v) is 4.50. The molecule has 5 heteroatoms. The summed E-state index contributed by atoms with van der Waals surface area (Å²) in [5, 5.41) is 3.57. The van der Waals surface area contributed by atoms with Crippen LogP contribution in [0.3, 0.4) is 0 Å². The summed E-state index contributed by atoms with van der Waals surface area (Å²) in [5.74, 6) is 0. The number of aryl methyl sites for hydroxylation is 2. The lowest BCUT2D eigenvalue weighted by atomic mass is 10.1. The van der Waals surface area contributed by atoms with Crippen molar-refractivity contribution >= 4 is 16.3 Å². The van der Waals surface area contributed by atoms with E-state index < -0.39 is 0 Å². The molecule has 25 heavy (non-hydrogen) atoms. The Hall–Kier alpha value is -1.69. The van der Waals surface area contributed by atoms with Gasteiger partial charge in [0.25, 0.3) is 0 Å². The van der Waals surface area contributed by atoms with E-state index in [9.17, 15) is 0 Å². The van der Waals surface area contributed by atoms with Gasteiger partial charge in [-0.05, 0) is 50.9 Å². The largest absolute Gasteiger partial charge is 0.307 e. The third kappa shape index (κ3) is 3.78. The van der Waals surface area contributed by atoms with Gasteiger partial charge in [0.1, 0.15) is 0 Å². The number of aromatic nitrogens is 2. The number of thiazole rings is 1. The zero-order valence-corrected chi connectivity index (χ0v) is 15.9. The molecular weight excluding hydrogens is 328 g/mol. The molecule has 2 aromatic heterocycles. The predicted molar refractivity (Wildman–Crippen MR) is 104 cm³/mol. The molecule has 0 unspecified atom stereocenters. The van der Waals surface area contributed by atoms with Crippen LogP contribution >= 0.6 is 11.3 Å². The maximum Gasteiger partial charge on any atom is 0.194 e. The van der Waals surface area contributed by atoms with E-state index in [2.05, 4.69) is 63.9 Å². The van der Waals surface area contributed by atoms with Crippen molar-refractivity contribution in [3.63, 3.8) is 0 Å². The van der Waals surface area contributed by atoms with Gasteiger partial charge >= 0.3 is 0 Å². The molecule has 0 saturated carbocycles. The molecule has 0 bridgehead atoms. The van der Waals surface area contributed by atoms with Gasteiger partial charge in [-0.2, -0.15) is 0 Å². The van der Waals surface area contributed by atoms with E-state index in [1.807, 2.05) is 0 Å². The fourth-order valence-electron chi connectivity index (χ4n) is 3.61. The minimum Gasteiger partial charge on any atom is -0.307 e. The maximum atomic E-state index is 4.66. The van der Waals surface area contributed by atoms with Gasteiger partial charge in [0.2, 0.25) is 0 Å². The van der Waals surface area contributed by atoms with Crippen LogP contribution in [0.15, 0.2) is 30.5 Å². The Kier molecular flexibility index (Phi) is 4.88. The molecule has 1 N–H and O–H groups in total. The highest BCUT2D eigenvalue weighted by Gasteiger charge is 2.12. The summed E-state index contributed by atoms with van der Waals surface area (Å²) in [6.07, 6.45) is 4.89. The first-order valence-corrected chi connectivity index (χ1v) is 9.95. The highest BCUT2D eigenvalue weighted by molar-refractivity contribution is 7.17. The molecule has 1 aliphatic rings. The number of rotatable bonds is 6. The molecule has 3 heterocycles. The Morgan fingerprint density at radius 3 is 2.52 bits per heavy atom. The number of imidazole rings is 1. The van der Waals surface area contributed by atoms with Crippen molar-refractivity contribution in [2.75, 3.05) is 13.1 Å². The van der Waals surface area contributed by atoms with E-state index in [1.54, 1.807) is 11.3 Å². The molecule has 1 aromatic carbocycles. The van der Waals surface area contributed by atoms with Crippen molar-refractivity contribution < 1.29 is 0 Å². The lowest BCUT2D eigenvalue weighted by Crippen LogP contribution is -2.18. The summed E-state index contributed by atoms with van der Waals surface area (Å²) in [5.41, 5.74) is 5.16. The Balaban J connectivity index is 1.34. The van der Waals surface area contributed by atoms with Crippen molar-refractivity contribution in [3.05, 3.63) is 57.9 Å². The van der Waals surface area contributed by atoms with Crippen molar-refractivity contribution in [1.29, 1.82) is 0 Å². The van der Waals surface area contributed by atoms with Gasteiger partial charge in [0.05, 0.1) is 11.4 Å². The molecule has 0 amide bonds. The van der Waals surface area contributed by atoms with E-state index in [0.29, 0.717) is 0 Å². The molecular formula is C20H26N4S. The summed E-state index contributed by atoms with van der Waals surface area (Å²) in [7, 11) is 0. The van der Waals surface area contributed by atoms with Gasteiger partial charge in [0.15, 0.2) is 4.96 Å². The molecule has 1 saturated heterocycles. The molecule has 0 atom stereocenters. The average molecular weight is 355 g/mol. The minimum atomic E-state index is 0.846. The van der Waals surface area contributed by atoms with E-state index in [-0.39, 0.29) is 0 Å². The van der Waals surface area contributed by atoms with Crippen LogP contribution in [0.4, 0.5) is 0 Å². The molecule has 4 nitrogen and oxygen atoms in total. The van der Waals surface area contributed by atoms with Crippen LogP contribution in [0.1, 0.15) is 40.2 Å². The van der Waals surface area contributed by atoms with E-state index in [0.717, 1.165) is 30.3 Å². The smallest absolute Gasteiger partial charge is 0.194 e. The normalized spacial score (nSPS) is 15.4. The first kappa shape index (κ1) is 16.8. The highest BCUT2D eigenvalue weighted by atomic mass is 32.1. The number of nitrogens with zero attached hydrogens (tertiary/aromatic N) is 3. The van der Waals surface area contributed by atoms with Crippen LogP contribution in [0, 0.1) is 13.8 Å². The first-order valence-electron chi connectivity index (χ1n) is 9.14. The second kappa shape index (κ2) is 7.28. The summed E-state index contributed by atoms with van der Waals surface area (Å²) < 4.78 is 2.22. The van der Waals surface area contributed by atoms with Crippen LogP contribution in [0.2, 0.25) is 0 Å². The van der Waals surface area contributed by atoms with Crippen LogP contribution < -0.4 is 5.32 Å². The number of fused-ring (bicyclic) bond motifs is 1. The van der Waals surface area contributed by atoms with Crippen LogP contribution in [-0.2, 0) is 19.6 Å². The number of hydrogen-bond acceptors (Lipinski definition) is 4. The SMILES string of the molecule is Cc1cn2c(CNCc3ccc(CN4CCCC4)cc3)c(C)nc2s1. The molecule has 132 valence electrons. The third-order valence-corrected chi connectivity index (χ3v) is 5.89. The monoisotopic (exact) mass is 354 g/mol. The summed E-state index contributed by atoms with van der Waals surface area (Å²) in [4.78, 5) is 9.60. The summed E-state index contributed by atoms with van der Waals surface area (Å²) in [6.45, 7) is 9.57. The number of nitrogens with one attached hydrogen (secondary N) is 1. The Labute approximate surface area is 153 Å². The lowest BCUT2D eigenvalue weighted by molar-refractivity contribution is 0.331. The Bertz CT molecular complexity index is 841. The molecule has 1 fully saturated rings. The fraction of sp³-hybridized carbons (Fsp3) is 0.450. The topological polar surface area (TPSA) is 32.6 Å². The summed E-state index contributed by atoms with van der Waals surface area (Å²) >= 11 is 1.75. The number of hydrogen-bond donors (Lipinski definition) is 1. The minimum absolute atomic E-state index is 0.846. The number of likely N-dealkylation sites (tertiary alicyclic amines) is 1. The van der Waals surface area contributed by atoms with Gasteiger partial charge in [-0.1, -0.05) is 24.3 Å². The molecule has 3 aromatic rings. The Morgan fingerprint density at radius 1 is 1.04 bits per heavy atom. The molecule has 1 aliphatic heterocycles. The average Bonchev–Trinajstić information content (AvgIpc) is 3.28. The predicted octanol–water partition coefficient (Wildman–Crippen LogP) is 3.90. The first-order chi connectivity index (χ1) is 12.2. The van der Waals surface area contributed by atoms with Crippen molar-refractivity contribution in [2.24, 2.45) is 0 Å². The van der Waals surface area contributed by atoms with Crippen LogP contribution in [0.5, 0.6) is 0 Å². The zero-order valence-electron chi connectivity index (χ0n) is 15.1. The Morgan fingerprint density at radius 2 is 1.76 bits per heavy atom. The van der Waals surface area contributed by atoms with Crippen molar-refractivity contribution in [2.45, 2.75) is 46.3 Å². The second-order valence-electron chi connectivity index (χ2n) is 7.04. The van der Waals surface area contributed by atoms with Crippen molar-refractivity contribution in [1.82, 2.24) is 19.6 Å². The molecule has 0 radical (unpaired) electrons. The summed E-state index contributed by atoms with van der Waals surface area (Å²) in [6, 6.07) is 9.07. The lowest BCUT2D eigenvalue weighted by Gasteiger charge is -2.14. The van der Waals surface area contributed by atoms with Crippen molar-refractivity contribution in [3.8, 4) is 0 Å². The quantitative estimate of drug-likeness (QED) is 0.729. The molecule has 0 aliphatic carbocycles. The zero-order chi connectivity index (χ0) is 17.2. The molecule has 0 spiro atoms. The van der Waals surface area contributed by atoms with Crippen LogP contribution in [-0.4, -0.2) is 27.4 Å². The molecule has 4 rings (SSSR count). The second-order valence-corrected chi connectivity index (χ2v) is 8.25. The van der Waals surface area contributed by atoms with Gasteiger partial charge < -0.3 is 5.32 Å². The van der Waals surface area contributed by atoms with Gasteiger partial charge in [-0.25, -0.2) is 4.98 Å².